The number of rotatable bonds is 3. The van der Waals surface area contributed by atoms with Crippen LogP contribution in [0, 0.1) is 6.92 Å². The minimum absolute atomic E-state index is 0.220. The van der Waals surface area contributed by atoms with Gasteiger partial charge in [0.15, 0.2) is 0 Å². The van der Waals surface area contributed by atoms with Crippen LogP contribution in [0.15, 0.2) is 28.9 Å². The standard InChI is InChI=1S/C11H10ClN3O2/c1-7-2-3-8(17-7)4-15-11(16)9-5-14-10(12)6-13-9/h2-3,5-6H,4H2,1H3,(H,15,16). The van der Waals surface area contributed by atoms with Gasteiger partial charge in [-0.3, -0.25) is 4.79 Å². The SMILES string of the molecule is Cc1ccc(CNC(=O)c2cnc(Cl)cn2)o1. The number of carbonyl (C=O) groups excluding carboxylic acids is 1. The monoisotopic (exact) mass is 251 g/mol. The highest BCUT2D eigenvalue weighted by Gasteiger charge is 2.08. The Kier molecular flexibility index (Phi) is 3.39. The van der Waals surface area contributed by atoms with Crippen molar-refractivity contribution in [3.8, 4) is 0 Å². The zero-order valence-corrected chi connectivity index (χ0v) is 9.86. The summed E-state index contributed by atoms with van der Waals surface area (Å²) in [5.41, 5.74) is 0.220. The highest BCUT2D eigenvalue weighted by atomic mass is 35.5. The van der Waals surface area contributed by atoms with Gasteiger partial charge in [-0.2, -0.15) is 0 Å². The van der Waals surface area contributed by atoms with Crippen molar-refractivity contribution in [3.63, 3.8) is 0 Å². The third-order valence-corrected chi connectivity index (χ3v) is 2.27. The fourth-order valence-electron chi connectivity index (χ4n) is 1.27. The van der Waals surface area contributed by atoms with E-state index in [0.717, 1.165) is 5.76 Å². The number of nitrogens with one attached hydrogen (secondary N) is 1. The van der Waals surface area contributed by atoms with Crippen LogP contribution in [0.1, 0.15) is 22.0 Å². The van der Waals surface area contributed by atoms with Crippen LogP contribution in [0.5, 0.6) is 0 Å². The lowest BCUT2D eigenvalue weighted by atomic mass is 10.4. The summed E-state index contributed by atoms with van der Waals surface area (Å²) in [5, 5.41) is 2.92. The first-order valence-electron chi connectivity index (χ1n) is 4.96. The van der Waals surface area contributed by atoms with E-state index in [1.807, 2.05) is 19.1 Å². The highest BCUT2D eigenvalue weighted by Crippen LogP contribution is 2.06. The Bertz CT molecular complexity index is 522. The van der Waals surface area contributed by atoms with Crippen molar-refractivity contribution in [2.75, 3.05) is 0 Å². The lowest BCUT2D eigenvalue weighted by Crippen LogP contribution is -2.23. The number of nitrogens with zero attached hydrogens (tertiary/aromatic N) is 2. The zero-order valence-electron chi connectivity index (χ0n) is 9.11. The number of carbonyl (C=O) groups is 1. The molecule has 2 rings (SSSR count). The minimum Gasteiger partial charge on any atom is -0.465 e. The predicted octanol–water partition coefficient (Wildman–Crippen LogP) is 1.96. The predicted molar refractivity (Wildman–Crippen MR) is 61.7 cm³/mol. The van der Waals surface area contributed by atoms with Crippen LogP contribution in [-0.4, -0.2) is 15.9 Å². The van der Waals surface area contributed by atoms with Gasteiger partial charge >= 0.3 is 0 Å². The van der Waals surface area contributed by atoms with Gasteiger partial charge in [0.25, 0.3) is 5.91 Å². The van der Waals surface area contributed by atoms with Gasteiger partial charge in [0, 0.05) is 0 Å². The number of hydrogen-bond acceptors (Lipinski definition) is 4. The molecular weight excluding hydrogens is 242 g/mol. The first-order chi connectivity index (χ1) is 8.15. The average Bonchev–Trinajstić information content (AvgIpc) is 2.73. The molecule has 1 N–H and O–H groups in total. The van der Waals surface area contributed by atoms with E-state index in [1.165, 1.54) is 12.4 Å². The maximum absolute atomic E-state index is 11.6. The van der Waals surface area contributed by atoms with Crippen LogP contribution in [0.25, 0.3) is 0 Å². The van der Waals surface area contributed by atoms with E-state index in [9.17, 15) is 4.79 Å². The summed E-state index contributed by atoms with van der Waals surface area (Å²) in [6.07, 6.45) is 2.65. The summed E-state index contributed by atoms with van der Waals surface area (Å²) >= 11 is 5.57. The topological polar surface area (TPSA) is 68.0 Å². The van der Waals surface area contributed by atoms with E-state index in [-0.39, 0.29) is 16.8 Å². The smallest absolute Gasteiger partial charge is 0.271 e. The molecule has 88 valence electrons. The number of aromatic nitrogens is 2. The molecule has 0 fully saturated rings. The summed E-state index contributed by atoms with van der Waals surface area (Å²) in [6.45, 7) is 2.16. The van der Waals surface area contributed by atoms with Crippen molar-refractivity contribution >= 4 is 17.5 Å². The van der Waals surface area contributed by atoms with E-state index < -0.39 is 0 Å². The number of halogens is 1. The molecular formula is C11H10ClN3O2. The second-order valence-corrected chi connectivity index (χ2v) is 3.81. The lowest BCUT2D eigenvalue weighted by Gasteiger charge is -2.01. The van der Waals surface area contributed by atoms with E-state index in [1.54, 1.807) is 0 Å². The van der Waals surface area contributed by atoms with Crippen LogP contribution in [0.2, 0.25) is 5.15 Å². The molecule has 0 saturated carbocycles. The highest BCUT2D eigenvalue weighted by molar-refractivity contribution is 6.29. The number of furan rings is 1. The van der Waals surface area contributed by atoms with Gasteiger partial charge in [-0.1, -0.05) is 11.6 Å². The summed E-state index contributed by atoms with van der Waals surface area (Å²) in [5.74, 6) is 1.18. The molecule has 0 radical (unpaired) electrons. The van der Waals surface area contributed by atoms with E-state index >= 15 is 0 Å². The Balaban J connectivity index is 1.95. The molecule has 2 aromatic heterocycles. The summed E-state index contributed by atoms with van der Waals surface area (Å²) in [6, 6.07) is 3.65. The Morgan fingerprint density at radius 3 is 2.82 bits per heavy atom. The number of aryl methyl sites for hydroxylation is 1. The van der Waals surface area contributed by atoms with Gasteiger partial charge < -0.3 is 9.73 Å². The molecule has 0 aliphatic rings. The van der Waals surface area contributed by atoms with E-state index in [0.29, 0.717) is 12.3 Å². The lowest BCUT2D eigenvalue weighted by molar-refractivity contribution is 0.0942. The van der Waals surface area contributed by atoms with Gasteiger partial charge in [-0.15, -0.1) is 0 Å². The maximum Gasteiger partial charge on any atom is 0.271 e. The Labute approximate surface area is 103 Å². The van der Waals surface area contributed by atoms with Crippen LogP contribution >= 0.6 is 11.6 Å². The maximum atomic E-state index is 11.6. The molecule has 2 heterocycles. The van der Waals surface area contributed by atoms with E-state index in [4.69, 9.17) is 16.0 Å². The van der Waals surface area contributed by atoms with Crippen molar-refractivity contribution in [2.24, 2.45) is 0 Å². The van der Waals surface area contributed by atoms with Crippen LogP contribution < -0.4 is 5.32 Å². The van der Waals surface area contributed by atoms with Gasteiger partial charge in [0.1, 0.15) is 22.4 Å². The fraction of sp³-hybridized carbons (Fsp3) is 0.182. The first-order valence-corrected chi connectivity index (χ1v) is 5.34. The Morgan fingerprint density at radius 2 is 2.24 bits per heavy atom. The first kappa shape index (κ1) is 11.6. The minimum atomic E-state index is -0.316. The molecule has 5 nitrogen and oxygen atoms in total. The summed E-state index contributed by atoms with van der Waals surface area (Å²) < 4.78 is 5.32. The molecule has 0 aliphatic heterocycles. The molecule has 0 atom stereocenters. The average molecular weight is 252 g/mol. The normalized spacial score (nSPS) is 10.2. The van der Waals surface area contributed by atoms with Crippen molar-refractivity contribution < 1.29 is 9.21 Å². The second-order valence-electron chi connectivity index (χ2n) is 3.42. The number of amides is 1. The van der Waals surface area contributed by atoms with Crippen LogP contribution in [-0.2, 0) is 6.54 Å². The zero-order chi connectivity index (χ0) is 12.3. The third-order valence-electron chi connectivity index (χ3n) is 2.07. The Hall–Kier alpha value is -1.88. The molecule has 0 aliphatic carbocycles. The summed E-state index contributed by atoms with van der Waals surface area (Å²) in [4.78, 5) is 19.3. The number of hydrogen-bond donors (Lipinski definition) is 1. The molecule has 6 heteroatoms. The quantitative estimate of drug-likeness (QED) is 0.906. The molecule has 0 bridgehead atoms. The van der Waals surface area contributed by atoms with Crippen molar-refractivity contribution in [2.45, 2.75) is 13.5 Å². The second kappa shape index (κ2) is 4.97. The fourth-order valence-corrected chi connectivity index (χ4v) is 1.37. The molecule has 2 aromatic rings. The Morgan fingerprint density at radius 1 is 1.41 bits per heavy atom. The third kappa shape index (κ3) is 3.04. The van der Waals surface area contributed by atoms with Gasteiger partial charge in [0.2, 0.25) is 0 Å². The summed E-state index contributed by atoms with van der Waals surface area (Å²) in [7, 11) is 0. The molecule has 1 amide bonds. The van der Waals surface area contributed by atoms with Crippen molar-refractivity contribution in [1.29, 1.82) is 0 Å². The van der Waals surface area contributed by atoms with E-state index in [2.05, 4.69) is 15.3 Å². The van der Waals surface area contributed by atoms with Crippen molar-refractivity contribution in [1.82, 2.24) is 15.3 Å². The molecule has 17 heavy (non-hydrogen) atoms. The molecule has 0 spiro atoms. The van der Waals surface area contributed by atoms with Gasteiger partial charge in [-0.05, 0) is 19.1 Å². The van der Waals surface area contributed by atoms with Crippen LogP contribution in [0.3, 0.4) is 0 Å². The molecule has 0 unspecified atom stereocenters. The molecule has 0 aromatic carbocycles. The van der Waals surface area contributed by atoms with Crippen LogP contribution in [0.4, 0.5) is 0 Å². The van der Waals surface area contributed by atoms with Gasteiger partial charge in [-0.25, -0.2) is 9.97 Å². The largest absolute Gasteiger partial charge is 0.465 e. The van der Waals surface area contributed by atoms with Crippen molar-refractivity contribution in [3.05, 3.63) is 46.9 Å². The van der Waals surface area contributed by atoms with Gasteiger partial charge in [0.05, 0.1) is 18.9 Å². The molecule has 0 saturated heterocycles.